The van der Waals surface area contributed by atoms with E-state index in [0.29, 0.717) is 17.7 Å². The third kappa shape index (κ3) is 6.93. The number of amides is 2. The molecule has 1 unspecified atom stereocenters. The molecule has 0 saturated carbocycles. The normalized spacial score (nSPS) is 11.4. The summed E-state index contributed by atoms with van der Waals surface area (Å²) < 4.78 is 0. The predicted molar refractivity (Wildman–Crippen MR) is 103 cm³/mol. The first-order chi connectivity index (χ1) is 13.0. The number of nitrogens with one attached hydrogen (secondary N) is 2. The molecule has 1 atom stereocenters. The molecule has 0 spiro atoms. The lowest BCUT2D eigenvalue weighted by Gasteiger charge is -2.18. The van der Waals surface area contributed by atoms with E-state index in [1.54, 1.807) is 24.3 Å². The molecule has 27 heavy (non-hydrogen) atoms. The van der Waals surface area contributed by atoms with E-state index in [9.17, 15) is 14.4 Å². The maximum Gasteiger partial charge on any atom is 0.307 e. The Labute approximate surface area is 158 Å². The fraction of sp³-hybridized carbons (Fsp3) is 0.286. The van der Waals surface area contributed by atoms with E-state index < -0.39 is 12.0 Å². The van der Waals surface area contributed by atoms with Gasteiger partial charge in [-0.25, -0.2) is 0 Å². The van der Waals surface area contributed by atoms with Crippen LogP contribution in [0.1, 0.15) is 30.9 Å². The molecular formula is C21H24N2O4. The Kier molecular flexibility index (Phi) is 7.55. The maximum atomic E-state index is 12.5. The average molecular weight is 368 g/mol. The summed E-state index contributed by atoms with van der Waals surface area (Å²) in [4.78, 5) is 35.5. The topological polar surface area (TPSA) is 95.5 Å². The molecular weight excluding hydrogens is 344 g/mol. The number of benzene rings is 2. The average Bonchev–Trinajstić information content (AvgIpc) is 2.63. The first kappa shape index (κ1) is 20.2. The van der Waals surface area contributed by atoms with Crippen molar-refractivity contribution >= 4 is 23.5 Å². The van der Waals surface area contributed by atoms with Gasteiger partial charge < -0.3 is 15.7 Å². The SMILES string of the molecule is CCCC(NC(=O)Cc1ccccc1)C(=O)Nc1ccc(CC(=O)O)cc1. The number of carboxylic acid groups (broad SMARTS) is 1. The number of carbonyl (C=O) groups excluding carboxylic acids is 2. The van der Waals surface area contributed by atoms with Crippen molar-refractivity contribution in [1.29, 1.82) is 0 Å². The van der Waals surface area contributed by atoms with Crippen LogP contribution >= 0.6 is 0 Å². The summed E-state index contributed by atoms with van der Waals surface area (Å²) in [5.41, 5.74) is 2.11. The summed E-state index contributed by atoms with van der Waals surface area (Å²) >= 11 is 0. The second kappa shape index (κ2) is 10.1. The van der Waals surface area contributed by atoms with Gasteiger partial charge >= 0.3 is 5.97 Å². The summed E-state index contributed by atoms with van der Waals surface area (Å²) in [7, 11) is 0. The van der Waals surface area contributed by atoms with E-state index in [1.165, 1.54) is 0 Å². The summed E-state index contributed by atoms with van der Waals surface area (Å²) in [6.45, 7) is 1.95. The first-order valence-corrected chi connectivity index (χ1v) is 8.92. The number of carbonyl (C=O) groups is 3. The zero-order valence-electron chi connectivity index (χ0n) is 15.3. The van der Waals surface area contributed by atoms with Crippen LogP contribution in [0.2, 0.25) is 0 Å². The number of hydrogen-bond donors (Lipinski definition) is 3. The molecule has 2 aromatic carbocycles. The van der Waals surface area contributed by atoms with E-state index >= 15 is 0 Å². The van der Waals surface area contributed by atoms with Crippen LogP contribution in [0.5, 0.6) is 0 Å². The minimum atomic E-state index is -0.907. The summed E-state index contributed by atoms with van der Waals surface area (Å²) in [6.07, 6.45) is 1.44. The number of aliphatic carboxylic acids is 1. The summed E-state index contributed by atoms with van der Waals surface area (Å²) in [5, 5.41) is 14.4. The van der Waals surface area contributed by atoms with Crippen molar-refractivity contribution in [1.82, 2.24) is 5.32 Å². The smallest absolute Gasteiger partial charge is 0.307 e. The van der Waals surface area contributed by atoms with Crippen molar-refractivity contribution in [2.75, 3.05) is 5.32 Å². The Bertz CT molecular complexity index is 773. The van der Waals surface area contributed by atoms with E-state index in [2.05, 4.69) is 10.6 Å². The van der Waals surface area contributed by atoms with Gasteiger partial charge in [-0.15, -0.1) is 0 Å². The molecule has 0 heterocycles. The van der Waals surface area contributed by atoms with Crippen LogP contribution in [0.3, 0.4) is 0 Å². The van der Waals surface area contributed by atoms with Crippen molar-refractivity contribution in [2.45, 2.75) is 38.6 Å². The molecule has 0 fully saturated rings. The van der Waals surface area contributed by atoms with Gasteiger partial charge in [0, 0.05) is 5.69 Å². The van der Waals surface area contributed by atoms with Crippen molar-refractivity contribution < 1.29 is 19.5 Å². The van der Waals surface area contributed by atoms with Gasteiger partial charge in [0.15, 0.2) is 0 Å². The molecule has 3 N–H and O–H groups in total. The number of rotatable bonds is 9. The van der Waals surface area contributed by atoms with E-state index in [4.69, 9.17) is 5.11 Å². The van der Waals surface area contributed by atoms with Crippen LogP contribution in [0.4, 0.5) is 5.69 Å². The highest BCUT2D eigenvalue weighted by atomic mass is 16.4. The van der Waals surface area contributed by atoms with E-state index in [0.717, 1.165) is 12.0 Å². The molecule has 0 saturated heterocycles. The van der Waals surface area contributed by atoms with Crippen LogP contribution in [0.25, 0.3) is 0 Å². The van der Waals surface area contributed by atoms with Gasteiger partial charge in [0.2, 0.25) is 11.8 Å². The number of carboxylic acids is 1. The summed E-state index contributed by atoms with van der Waals surface area (Å²) in [5.74, 6) is -1.40. The molecule has 2 rings (SSSR count). The van der Waals surface area contributed by atoms with Gasteiger partial charge in [-0.05, 0) is 29.7 Å². The molecule has 2 aromatic rings. The molecule has 6 nitrogen and oxygen atoms in total. The molecule has 2 amide bonds. The fourth-order valence-corrected chi connectivity index (χ4v) is 2.69. The molecule has 0 bridgehead atoms. The van der Waals surface area contributed by atoms with Crippen LogP contribution in [-0.2, 0) is 27.2 Å². The fourth-order valence-electron chi connectivity index (χ4n) is 2.69. The molecule has 0 aliphatic carbocycles. The monoisotopic (exact) mass is 368 g/mol. The van der Waals surface area contributed by atoms with Gasteiger partial charge in [-0.2, -0.15) is 0 Å². The summed E-state index contributed by atoms with van der Waals surface area (Å²) in [6, 6.07) is 15.4. The zero-order chi connectivity index (χ0) is 19.6. The highest BCUT2D eigenvalue weighted by Gasteiger charge is 2.20. The van der Waals surface area contributed by atoms with Crippen LogP contribution < -0.4 is 10.6 Å². The molecule has 0 aromatic heterocycles. The van der Waals surface area contributed by atoms with Gasteiger partial charge in [-0.1, -0.05) is 55.8 Å². The minimum Gasteiger partial charge on any atom is -0.481 e. The number of anilines is 1. The highest BCUT2D eigenvalue weighted by molar-refractivity contribution is 5.97. The Morgan fingerprint density at radius 2 is 1.56 bits per heavy atom. The Hall–Kier alpha value is -3.15. The van der Waals surface area contributed by atoms with Crippen LogP contribution in [-0.4, -0.2) is 28.9 Å². The zero-order valence-corrected chi connectivity index (χ0v) is 15.3. The van der Waals surface area contributed by atoms with Gasteiger partial charge in [0.25, 0.3) is 0 Å². The standard InChI is InChI=1S/C21H24N2O4/c1-2-6-18(23-19(24)13-15-7-4-3-5-8-15)21(27)22-17-11-9-16(10-12-17)14-20(25)26/h3-5,7-12,18H,2,6,13-14H2,1H3,(H,22,27)(H,23,24)(H,25,26). The van der Waals surface area contributed by atoms with Crippen LogP contribution in [0, 0.1) is 0 Å². The Morgan fingerprint density at radius 1 is 0.926 bits per heavy atom. The highest BCUT2D eigenvalue weighted by Crippen LogP contribution is 2.12. The van der Waals surface area contributed by atoms with E-state index in [1.807, 2.05) is 37.3 Å². The van der Waals surface area contributed by atoms with Crippen molar-refractivity contribution in [3.63, 3.8) is 0 Å². The lowest BCUT2D eigenvalue weighted by molar-refractivity contribution is -0.136. The molecule has 142 valence electrons. The molecule has 0 radical (unpaired) electrons. The van der Waals surface area contributed by atoms with E-state index in [-0.39, 0.29) is 24.7 Å². The lowest BCUT2D eigenvalue weighted by Crippen LogP contribution is -2.44. The second-order valence-corrected chi connectivity index (χ2v) is 6.33. The first-order valence-electron chi connectivity index (χ1n) is 8.92. The number of hydrogen-bond acceptors (Lipinski definition) is 3. The Morgan fingerprint density at radius 3 is 2.15 bits per heavy atom. The van der Waals surface area contributed by atoms with Gasteiger partial charge in [0.1, 0.15) is 6.04 Å². The second-order valence-electron chi connectivity index (χ2n) is 6.33. The third-order valence-electron chi connectivity index (χ3n) is 4.01. The molecule has 0 aliphatic rings. The molecule has 0 aliphatic heterocycles. The minimum absolute atomic E-state index is 0.0672. The van der Waals surface area contributed by atoms with Crippen molar-refractivity contribution in [2.24, 2.45) is 0 Å². The van der Waals surface area contributed by atoms with Gasteiger partial charge in [0.05, 0.1) is 12.8 Å². The quantitative estimate of drug-likeness (QED) is 0.634. The molecule has 6 heteroatoms. The van der Waals surface area contributed by atoms with Crippen molar-refractivity contribution in [3.8, 4) is 0 Å². The predicted octanol–water partition coefficient (Wildman–Crippen LogP) is 2.78. The van der Waals surface area contributed by atoms with Crippen molar-refractivity contribution in [3.05, 3.63) is 65.7 Å². The Balaban J connectivity index is 1.95. The maximum absolute atomic E-state index is 12.5. The lowest BCUT2D eigenvalue weighted by atomic mass is 10.1. The third-order valence-corrected chi connectivity index (χ3v) is 4.01. The van der Waals surface area contributed by atoms with Gasteiger partial charge in [-0.3, -0.25) is 14.4 Å². The largest absolute Gasteiger partial charge is 0.481 e. The van der Waals surface area contributed by atoms with Crippen LogP contribution in [0.15, 0.2) is 54.6 Å².